The van der Waals surface area contributed by atoms with Crippen molar-refractivity contribution < 1.29 is 13.9 Å². The molecule has 5 nitrogen and oxygen atoms in total. The molecule has 1 unspecified atom stereocenters. The van der Waals surface area contributed by atoms with Crippen LogP contribution in [0.25, 0.3) is 0 Å². The zero-order valence-corrected chi connectivity index (χ0v) is 15.6. The van der Waals surface area contributed by atoms with E-state index in [1.165, 1.54) is 19.2 Å². The molecule has 0 saturated carbocycles. The number of nitrogen functional groups attached to an aromatic ring is 1. The molecule has 0 aromatic heterocycles. The average molecular weight is 429 g/mol. The molecule has 2 aromatic carbocycles. The van der Waals surface area contributed by atoms with Gasteiger partial charge in [0.25, 0.3) is 5.91 Å². The molecule has 132 valence electrons. The summed E-state index contributed by atoms with van der Waals surface area (Å²) in [6.07, 6.45) is -1.15. The highest BCUT2D eigenvalue weighted by Gasteiger charge is 2.27. The third kappa shape index (κ3) is 4.78. The Morgan fingerprint density at radius 2 is 2.00 bits per heavy atom. The van der Waals surface area contributed by atoms with Gasteiger partial charge in [-0.3, -0.25) is 10.2 Å². The van der Waals surface area contributed by atoms with Gasteiger partial charge in [-0.25, -0.2) is 8.81 Å². The molecule has 0 aliphatic carbocycles. The van der Waals surface area contributed by atoms with E-state index < -0.39 is 17.8 Å². The fourth-order valence-electron chi connectivity index (χ4n) is 2.23. The summed E-state index contributed by atoms with van der Waals surface area (Å²) in [7, 11) is 1.32. The fraction of sp³-hybridized carbons (Fsp3) is 0.176. The van der Waals surface area contributed by atoms with Crippen molar-refractivity contribution in [2.75, 3.05) is 7.11 Å². The number of nitrogens with two attached hydrogens (primary N) is 1. The van der Waals surface area contributed by atoms with Crippen molar-refractivity contribution in [3.63, 3.8) is 0 Å². The molecule has 0 aliphatic heterocycles. The van der Waals surface area contributed by atoms with Crippen LogP contribution >= 0.6 is 27.7 Å². The maximum atomic E-state index is 14.1. The Morgan fingerprint density at radius 1 is 1.36 bits per heavy atom. The minimum absolute atomic E-state index is 0.0458. The number of hydrogen-bond acceptors (Lipinski definition) is 3. The molecule has 0 saturated heterocycles. The number of halogens is 3. The van der Waals surface area contributed by atoms with Gasteiger partial charge in [-0.1, -0.05) is 46.3 Å². The van der Waals surface area contributed by atoms with Gasteiger partial charge in [-0.2, -0.15) is 0 Å². The molecule has 2 rings (SSSR count). The van der Waals surface area contributed by atoms with E-state index >= 15 is 0 Å². The molecule has 0 radical (unpaired) electrons. The van der Waals surface area contributed by atoms with Crippen LogP contribution in [0.3, 0.4) is 0 Å². The summed E-state index contributed by atoms with van der Waals surface area (Å²) in [5.74, 6) is -1.19. The molecule has 0 heterocycles. The van der Waals surface area contributed by atoms with Gasteiger partial charge in [0.05, 0.1) is 6.54 Å². The first-order valence-electron chi connectivity index (χ1n) is 7.21. The summed E-state index contributed by atoms with van der Waals surface area (Å²) in [5.41, 5.74) is 6.81. The quantitative estimate of drug-likeness (QED) is 0.418. The van der Waals surface area contributed by atoms with Gasteiger partial charge in [0.2, 0.25) is 0 Å². The van der Waals surface area contributed by atoms with E-state index in [1.54, 1.807) is 30.3 Å². The molecule has 25 heavy (non-hydrogen) atoms. The number of carbonyl (C=O) groups excluding carboxylic acids is 1. The lowest BCUT2D eigenvalue weighted by atomic mass is 10.1. The first kappa shape index (κ1) is 19.4. The largest absolute Gasteiger partial charge is 0.384 e. The van der Waals surface area contributed by atoms with Crippen LogP contribution in [0.2, 0.25) is 0 Å². The highest BCUT2D eigenvalue weighted by atomic mass is 79.9. The van der Waals surface area contributed by atoms with Crippen molar-refractivity contribution in [3.8, 4) is 0 Å². The van der Waals surface area contributed by atoms with Gasteiger partial charge in [0, 0.05) is 34.5 Å². The van der Waals surface area contributed by atoms with E-state index in [9.17, 15) is 9.18 Å². The second-order valence-corrected chi connectivity index (χ2v) is 6.57. The molecule has 0 spiro atoms. The minimum atomic E-state index is -1.15. The monoisotopic (exact) mass is 427 g/mol. The van der Waals surface area contributed by atoms with Crippen molar-refractivity contribution >= 4 is 39.4 Å². The average Bonchev–Trinajstić information content (AvgIpc) is 2.57. The predicted octanol–water partition coefficient (Wildman–Crippen LogP) is 3.74. The molecule has 2 aromatic rings. The molecular weight excluding hydrogens is 413 g/mol. The first-order chi connectivity index (χ1) is 11.8. The van der Waals surface area contributed by atoms with Crippen LogP contribution in [0.4, 0.5) is 4.39 Å². The van der Waals surface area contributed by atoms with Gasteiger partial charge in [-0.15, -0.1) is 0 Å². The Hall–Kier alpha value is -1.96. The molecular formula is C17H16BrClFN3O2. The van der Waals surface area contributed by atoms with E-state index in [0.717, 1.165) is 9.98 Å². The SMILES string of the molecule is COC(C(=O)N(Cl)Cc1ccc(C(=N)N)cc1)c1ccc(Br)cc1F. The van der Waals surface area contributed by atoms with Gasteiger partial charge in [-0.05, 0) is 17.7 Å². The summed E-state index contributed by atoms with van der Waals surface area (Å²) < 4.78 is 20.8. The fourth-order valence-corrected chi connectivity index (χ4v) is 2.79. The van der Waals surface area contributed by atoms with E-state index in [-0.39, 0.29) is 17.9 Å². The normalized spacial score (nSPS) is 11.8. The Morgan fingerprint density at radius 3 is 2.52 bits per heavy atom. The van der Waals surface area contributed by atoms with E-state index in [0.29, 0.717) is 10.0 Å². The number of carbonyl (C=O) groups is 1. The molecule has 0 bridgehead atoms. The number of amidine groups is 1. The van der Waals surface area contributed by atoms with E-state index in [1.807, 2.05) is 0 Å². The zero-order chi connectivity index (χ0) is 18.6. The number of hydrogen-bond donors (Lipinski definition) is 2. The topological polar surface area (TPSA) is 79.4 Å². The third-order valence-corrected chi connectivity index (χ3v) is 4.31. The van der Waals surface area contributed by atoms with Crippen LogP contribution < -0.4 is 5.73 Å². The van der Waals surface area contributed by atoms with E-state index in [2.05, 4.69) is 15.9 Å². The van der Waals surface area contributed by atoms with Gasteiger partial charge >= 0.3 is 0 Å². The van der Waals surface area contributed by atoms with Crippen molar-refractivity contribution in [3.05, 3.63) is 69.4 Å². The lowest BCUT2D eigenvalue weighted by Gasteiger charge is -2.21. The van der Waals surface area contributed by atoms with Crippen molar-refractivity contribution in [2.24, 2.45) is 5.73 Å². The Kier molecular flexibility index (Phi) is 6.52. The van der Waals surface area contributed by atoms with Crippen LogP contribution in [0.1, 0.15) is 22.8 Å². The van der Waals surface area contributed by atoms with Crippen LogP contribution in [-0.4, -0.2) is 23.3 Å². The molecule has 0 aliphatic rings. The summed E-state index contributed by atoms with van der Waals surface area (Å²) in [6.45, 7) is 0.0938. The number of benzene rings is 2. The maximum Gasteiger partial charge on any atom is 0.271 e. The molecule has 1 amide bonds. The number of nitrogens with one attached hydrogen (secondary N) is 1. The number of amides is 1. The lowest BCUT2D eigenvalue weighted by molar-refractivity contribution is -0.138. The third-order valence-electron chi connectivity index (χ3n) is 3.53. The number of rotatable bonds is 6. The van der Waals surface area contributed by atoms with Crippen LogP contribution in [-0.2, 0) is 16.1 Å². The summed E-state index contributed by atoms with van der Waals surface area (Å²) in [5, 5.41) is 7.36. The second kappa shape index (κ2) is 8.42. The smallest absolute Gasteiger partial charge is 0.271 e. The van der Waals surface area contributed by atoms with Gasteiger partial charge in [0.15, 0.2) is 6.10 Å². The van der Waals surface area contributed by atoms with Gasteiger partial charge < -0.3 is 10.5 Å². The number of methoxy groups -OCH3 is 1. The first-order valence-corrected chi connectivity index (χ1v) is 8.34. The lowest BCUT2D eigenvalue weighted by Crippen LogP contribution is -2.29. The minimum Gasteiger partial charge on any atom is -0.384 e. The molecule has 1 atom stereocenters. The number of nitrogens with zero attached hydrogens (tertiary/aromatic N) is 1. The Bertz CT molecular complexity index is 786. The zero-order valence-electron chi connectivity index (χ0n) is 13.3. The predicted molar refractivity (Wildman–Crippen MR) is 97.7 cm³/mol. The van der Waals surface area contributed by atoms with Crippen LogP contribution in [0.15, 0.2) is 46.9 Å². The van der Waals surface area contributed by atoms with Crippen molar-refractivity contribution in [1.82, 2.24) is 4.42 Å². The maximum absolute atomic E-state index is 14.1. The number of ether oxygens (including phenoxy) is 1. The molecule has 0 fully saturated rings. The van der Waals surface area contributed by atoms with E-state index in [4.69, 9.17) is 27.7 Å². The second-order valence-electron chi connectivity index (χ2n) is 5.25. The highest BCUT2D eigenvalue weighted by Crippen LogP contribution is 2.26. The summed E-state index contributed by atoms with van der Waals surface area (Å²) in [6, 6.07) is 11.1. The molecule has 3 N–H and O–H groups in total. The van der Waals surface area contributed by atoms with Crippen molar-refractivity contribution in [2.45, 2.75) is 12.6 Å². The van der Waals surface area contributed by atoms with Crippen molar-refractivity contribution in [1.29, 1.82) is 5.41 Å². The summed E-state index contributed by atoms with van der Waals surface area (Å²) >= 11 is 9.25. The van der Waals surface area contributed by atoms with Crippen LogP contribution in [0, 0.1) is 11.2 Å². The summed E-state index contributed by atoms with van der Waals surface area (Å²) in [4.78, 5) is 12.5. The van der Waals surface area contributed by atoms with Crippen LogP contribution in [0.5, 0.6) is 0 Å². The standard InChI is InChI=1S/C17H16BrClFN3O2/c1-25-15(13-7-6-12(18)8-14(13)20)17(24)23(19)9-10-2-4-11(5-3-10)16(21)22/h2-8,15H,9H2,1H3,(H3,21,22). The van der Waals surface area contributed by atoms with Gasteiger partial charge in [0.1, 0.15) is 11.7 Å². The highest BCUT2D eigenvalue weighted by molar-refractivity contribution is 9.10. The molecule has 8 heteroatoms. The Balaban J connectivity index is 2.15. The Labute approximate surface area is 158 Å².